The van der Waals surface area contributed by atoms with E-state index in [2.05, 4.69) is 9.73 Å². The van der Waals surface area contributed by atoms with Gasteiger partial charge in [0, 0.05) is 0 Å². The summed E-state index contributed by atoms with van der Waals surface area (Å²) in [7, 11) is 0. The largest absolute Gasteiger partial charge is 0.462 e. The molecule has 74 valence electrons. The van der Waals surface area contributed by atoms with Crippen LogP contribution < -0.4 is 5.73 Å². The minimum atomic E-state index is -0.462. The zero-order chi connectivity index (χ0) is 10.4. The van der Waals surface area contributed by atoms with Gasteiger partial charge in [0.05, 0.1) is 18.0 Å². The Morgan fingerprint density at radius 1 is 1.57 bits per heavy atom. The fourth-order valence-corrected chi connectivity index (χ4v) is 0.907. The normalized spacial score (nSPS) is 10.4. The number of ether oxygens (including phenoxy) is 1. The highest BCUT2D eigenvalue weighted by Crippen LogP contribution is 2.19. The molecule has 0 aliphatic heterocycles. The van der Waals surface area contributed by atoms with Gasteiger partial charge in [-0.3, -0.25) is 0 Å². The van der Waals surface area contributed by atoms with Gasteiger partial charge >= 0.3 is 5.97 Å². The second-order valence-electron chi connectivity index (χ2n) is 2.57. The van der Waals surface area contributed by atoms with E-state index in [0.29, 0.717) is 18.0 Å². The van der Waals surface area contributed by atoms with Crippen molar-refractivity contribution >= 4 is 23.6 Å². The molecule has 1 aromatic rings. The lowest BCUT2D eigenvalue weighted by Gasteiger charge is -1.98. The number of hydrogen-bond acceptors (Lipinski definition) is 4. The Hall–Kier alpha value is -1.84. The van der Waals surface area contributed by atoms with Gasteiger partial charge in [0.2, 0.25) is 0 Å². The first-order chi connectivity index (χ1) is 6.74. The highest BCUT2D eigenvalue weighted by molar-refractivity contribution is 6.23. The van der Waals surface area contributed by atoms with Gasteiger partial charge in [-0.2, -0.15) is 0 Å². The second kappa shape index (κ2) is 5.01. The quantitative estimate of drug-likeness (QED) is 0.448. The fourth-order valence-electron chi connectivity index (χ4n) is 0.907. The van der Waals surface area contributed by atoms with Gasteiger partial charge in [-0.25, -0.2) is 9.79 Å². The van der Waals surface area contributed by atoms with Crippen molar-refractivity contribution in [2.75, 3.05) is 12.3 Å². The first-order valence-corrected chi connectivity index (χ1v) is 4.29. The van der Waals surface area contributed by atoms with Gasteiger partial charge in [0.15, 0.2) is 0 Å². The number of nitrogens with zero attached hydrogens (tertiary/aromatic N) is 1. The minimum absolute atomic E-state index is 0.342. The Morgan fingerprint density at radius 3 is 2.93 bits per heavy atom. The standard InChI is InChI=1S/C10H12N2O2/c1-2-14-10(13)7-12-9-6-4-3-5-8(9)11/h3-7H,2,11H2,1H3/b12-7+. The summed E-state index contributed by atoms with van der Waals surface area (Å²) in [4.78, 5) is 14.8. The molecule has 4 heteroatoms. The predicted octanol–water partition coefficient (Wildman–Crippen LogP) is 1.53. The van der Waals surface area contributed by atoms with Crippen LogP contribution in [0.3, 0.4) is 0 Å². The van der Waals surface area contributed by atoms with Crippen LogP contribution in [-0.4, -0.2) is 18.8 Å². The molecule has 14 heavy (non-hydrogen) atoms. The second-order valence-corrected chi connectivity index (χ2v) is 2.57. The molecular formula is C10H12N2O2. The number of carbonyl (C=O) groups is 1. The Morgan fingerprint density at radius 2 is 2.29 bits per heavy atom. The van der Waals surface area contributed by atoms with E-state index < -0.39 is 5.97 Å². The zero-order valence-corrected chi connectivity index (χ0v) is 7.93. The molecule has 0 amide bonds. The lowest BCUT2D eigenvalue weighted by molar-refractivity contribution is -0.134. The van der Waals surface area contributed by atoms with Gasteiger partial charge in [-0.15, -0.1) is 0 Å². The highest BCUT2D eigenvalue weighted by Gasteiger charge is 1.97. The average Bonchev–Trinajstić information content (AvgIpc) is 2.17. The molecule has 0 aliphatic carbocycles. The van der Waals surface area contributed by atoms with Crippen molar-refractivity contribution in [2.45, 2.75) is 6.92 Å². The molecule has 0 heterocycles. The van der Waals surface area contributed by atoms with Crippen LogP contribution in [0.1, 0.15) is 6.92 Å². The summed E-state index contributed by atoms with van der Waals surface area (Å²) in [5.74, 6) is -0.462. The van der Waals surface area contributed by atoms with Crippen molar-refractivity contribution < 1.29 is 9.53 Å². The number of nitrogens with two attached hydrogens (primary N) is 1. The Labute approximate surface area is 82.4 Å². The summed E-state index contributed by atoms with van der Waals surface area (Å²) in [5, 5.41) is 0. The average molecular weight is 192 g/mol. The first-order valence-electron chi connectivity index (χ1n) is 4.29. The maximum absolute atomic E-state index is 10.9. The van der Waals surface area contributed by atoms with E-state index in [-0.39, 0.29) is 0 Å². The van der Waals surface area contributed by atoms with E-state index in [1.807, 2.05) is 0 Å². The first kappa shape index (κ1) is 10.2. The van der Waals surface area contributed by atoms with E-state index >= 15 is 0 Å². The molecular weight excluding hydrogens is 180 g/mol. The monoisotopic (exact) mass is 192 g/mol. The molecule has 0 saturated carbocycles. The minimum Gasteiger partial charge on any atom is -0.462 e. The van der Waals surface area contributed by atoms with Crippen molar-refractivity contribution in [1.82, 2.24) is 0 Å². The molecule has 0 atom stereocenters. The van der Waals surface area contributed by atoms with Crippen molar-refractivity contribution in [3.05, 3.63) is 24.3 Å². The summed E-state index contributed by atoms with van der Waals surface area (Å²) in [5.41, 5.74) is 6.72. The number of carbonyl (C=O) groups excluding carboxylic acids is 1. The zero-order valence-electron chi connectivity index (χ0n) is 7.93. The molecule has 0 fully saturated rings. The van der Waals surface area contributed by atoms with Crippen LogP contribution in [-0.2, 0) is 9.53 Å². The molecule has 2 N–H and O–H groups in total. The number of para-hydroxylation sites is 2. The van der Waals surface area contributed by atoms with Crippen LogP contribution in [0, 0.1) is 0 Å². The molecule has 0 aliphatic rings. The van der Waals surface area contributed by atoms with Crippen molar-refractivity contribution in [2.24, 2.45) is 4.99 Å². The maximum atomic E-state index is 10.9. The Bertz CT molecular complexity index is 348. The third kappa shape index (κ3) is 2.90. The van der Waals surface area contributed by atoms with Crippen molar-refractivity contribution in [3.8, 4) is 0 Å². The van der Waals surface area contributed by atoms with Crippen LogP contribution in [0.2, 0.25) is 0 Å². The van der Waals surface area contributed by atoms with Crippen LogP contribution in [0.4, 0.5) is 11.4 Å². The highest BCUT2D eigenvalue weighted by atomic mass is 16.5. The molecule has 0 spiro atoms. The van der Waals surface area contributed by atoms with E-state index in [1.165, 1.54) is 0 Å². The number of anilines is 1. The van der Waals surface area contributed by atoms with Crippen LogP contribution >= 0.6 is 0 Å². The van der Waals surface area contributed by atoms with Gasteiger partial charge in [0.1, 0.15) is 6.21 Å². The molecule has 4 nitrogen and oxygen atoms in total. The smallest absolute Gasteiger partial charge is 0.349 e. The summed E-state index contributed by atoms with van der Waals surface area (Å²) >= 11 is 0. The Balaban J connectivity index is 2.69. The van der Waals surface area contributed by atoms with Crippen LogP contribution in [0.5, 0.6) is 0 Å². The summed E-state index contributed by atoms with van der Waals surface area (Å²) in [6, 6.07) is 7.05. The van der Waals surface area contributed by atoms with Crippen LogP contribution in [0.25, 0.3) is 0 Å². The predicted molar refractivity (Wildman–Crippen MR) is 55.6 cm³/mol. The lowest BCUT2D eigenvalue weighted by atomic mass is 10.3. The summed E-state index contributed by atoms with van der Waals surface area (Å²) < 4.78 is 4.67. The lowest BCUT2D eigenvalue weighted by Crippen LogP contribution is -2.04. The van der Waals surface area contributed by atoms with E-state index in [0.717, 1.165) is 6.21 Å². The van der Waals surface area contributed by atoms with E-state index in [1.54, 1.807) is 31.2 Å². The number of esters is 1. The fraction of sp³-hybridized carbons (Fsp3) is 0.200. The number of rotatable bonds is 3. The van der Waals surface area contributed by atoms with Crippen molar-refractivity contribution in [1.29, 1.82) is 0 Å². The van der Waals surface area contributed by atoms with E-state index in [9.17, 15) is 4.79 Å². The molecule has 0 saturated heterocycles. The number of aliphatic imine (C=N–C) groups is 1. The van der Waals surface area contributed by atoms with Crippen LogP contribution in [0.15, 0.2) is 29.3 Å². The van der Waals surface area contributed by atoms with Gasteiger partial charge < -0.3 is 10.5 Å². The summed E-state index contributed by atoms with van der Waals surface area (Å²) in [6.45, 7) is 2.08. The topological polar surface area (TPSA) is 64.7 Å². The van der Waals surface area contributed by atoms with Gasteiger partial charge in [-0.05, 0) is 19.1 Å². The van der Waals surface area contributed by atoms with Gasteiger partial charge in [0.25, 0.3) is 0 Å². The third-order valence-electron chi connectivity index (χ3n) is 1.53. The number of hydrogen-bond donors (Lipinski definition) is 1. The van der Waals surface area contributed by atoms with Crippen molar-refractivity contribution in [3.63, 3.8) is 0 Å². The molecule has 1 rings (SSSR count). The van der Waals surface area contributed by atoms with E-state index in [4.69, 9.17) is 5.73 Å². The maximum Gasteiger partial charge on any atom is 0.349 e. The molecule has 1 aromatic carbocycles. The molecule has 0 aromatic heterocycles. The molecule has 0 unspecified atom stereocenters. The van der Waals surface area contributed by atoms with Gasteiger partial charge in [-0.1, -0.05) is 12.1 Å². The number of benzene rings is 1. The number of nitrogen functional groups attached to an aromatic ring is 1. The SMILES string of the molecule is CCOC(=O)/C=N/c1ccccc1N. The molecule has 0 bridgehead atoms. The Kier molecular flexibility index (Phi) is 3.67. The molecule has 0 radical (unpaired) electrons. The third-order valence-corrected chi connectivity index (χ3v) is 1.53. The summed E-state index contributed by atoms with van der Waals surface area (Å²) in [6.07, 6.45) is 1.12.